The van der Waals surface area contributed by atoms with Gasteiger partial charge < -0.3 is 9.84 Å². The highest BCUT2D eigenvalue weighted by atomic mass is 16.5. The molecule has 1 aliphatic carbocycles. The van der Waals surface area contributed by atoms with Crippen LogP contribution in [0.3, 0.4) is 0 Å². The van der Waals surface area contributed by atoms with Crippen LogP contribution < -0.4 is 0 Å². The summed E-state index contributed by atoms with van der Waals surface area (Å²) in [5.74, 6) is 0. The minimum atomic E-state index is -0.335. The van der Waals surface area contributed by atoms with Gasteiger partial charge in [-0.1, -0.05) is 12.8 Å². The van der Waals surface area contributed by atoms with Gasteiger partial charge in [0.05, 0.1) is 25.0 Å². The lowest BCUT2D eigenvalue weighted by Crippen LogP contribution is -2.59. The van der Waals surface area contributed by atoms with Crippen molar-refractivity contribution in [3.63, 3.8) is 0 Å². The van der Waals surface area contributed by atoms with Gasteiger partial charge >= 0.3 is 0 Å². The fourth-order valence-corrected chi connectivity index (χ4v) is 3.82. The van der Waals surface area contributed by atoms with Gasteiger partial charge in [0.15, 0.2) is 0 Å². The Labute approximate surface area is 120 Å². The number of aryl methyl sites for hydroxylation is 1. The quantitative estimate of drug-likeness (QED) is 0.892. The van der Waals surface area contributed by atoms with Crippen molar-refractivity contribution in [2.24, 2.45) is 7.05 Å². The van der Waals surface area contributed by atoms with E-state index in [1.54, 1.807) is 4.68 Å². The lowest BCUT2D eigenvalue weighted by atomic mass is 9.85. The van der Waals surface area contributed by atoms with E-state index in [9.17, 15) is 5.11 Å². The topological polar surface area (TPSA) is 50.5 Å². The number of rotatable bonds is 4. The first-order valence-electron chi connectivity index (χ1n) is 7.70. The number of aliphatic hydroxyl groups excluding tert-OH is 1. The highest BCUT2D eigenvalue weighted by Gasteiger charge is 2.45. The van der Waals surface area contributed by atoms with E-state index in [-0.39, 0.29) is 11.6 Å². The molecule has 5 nitrogen and oxygen atoms in total. The van der Waals surface area contributed by atoms with E-state index in [2.05, 4.69) is 10.00 Å². The van der Waals surface area contributed by atoms with E-state index in [1.807, 2.05) is 19.3 Å². The standard InChI is InChI=1S/C15H25N3O2/c1-17-7-4-13(16-17)12-14(19)15(5-2-3-6-15)18-8-10-20-11-9-18/h4,7,14,19H,2-3,5-6,8-12H2,1H3. The molecule has 0 radical (unpaired) electrons. The van der Waals surface area contributed by atoms with Gasteiger partial charge in [0.25, 0.3) is 0 Å². The van der Waals surface area contributed by atoms with Gasteiger partial charge in [-0.2, -0.15) is 5.10 Å². The maximum absolute atomic E-state index is 10.9. The fraction of sp³-hybridized carbons (Fsp3) is 0.800. The molecule has 1 saturated heterocycles. The Morgan fingerprint density at radius 1 is 1.35 bits per heavy atom. The molecule has 2 aliphatic rings. The van der Waals surface area contributed by atoms with E-state index >= 15 is 0 Å². The molecule has 1 aliphatic heterocycles. The lowest BCUT2D eigenvalue weighted by molar-refractivity contribution is -0.0756. The van der Waals surface area contributed by atoms with E-state index in [4.69, 9.17) is 4.74 Å². The summed E-state index contributed by atoms with van der Waals surface area (Å²) in [4.78, 5) is 2.47. The van der Waals surface area contributed by atoms with Crippen LogP contribution in [-0.2, 0) is 18.2 Å². The van der Waals surface area contributed by atoms with Crippen molar-refractivity contribution in [3.8, 4) is 0 Å². The van der Waals surface area contributed by atoms with Gasteiger partial charge in [-0.3, -0.25) is 9.58 Å². The van der Waals surface area contributed by atoms with Crippen molar-refractivity contribution in [1.29, 1.82) is 0 Å². The molecule has 5 heteroatoms. The van der Waals surface area contributed by atoms with Gasteiger partial charge in [-0.05, 0) is 18.9 Å². The summed E-state index contributed by atoms with van der Waals surface area (Å²) >= 11 is 0. The molecule has 0 spiro atoms. The van der Waals surface area contributed by atoms with E-state index in [1.165, 1.54) is 12.8 Å². The second-order valence-corrected chi connectivity index (χ2v) is 6.11. The van der Waals surface area contributed by atoms with Crippen LogP contribution in [0.2, 0.25) is 0 Å². The average Bonchev–Trinajstić information content (AvgIpc) is 3.10. The first kappa shape index (κ1) is 14.0. The smallest absolute Gasteiger partial charge is 0.0779 e. The van der Waals surface area contributed by atoms with Crippen molar-refractivity contribution in [3.05, 3.63) is 18.0 Å². The van der Waals surface area contributed by atoms with Crippen LogP contribution in [0.5, 0.6) is 0 Å². The molecule has 0 amide bonds. The summed E-state index contributed by atoms with van der Waals surface area (Å²) in [6.07, 6.45) is 6.89. The van der Waals surface area contributed by atoms with E-state index in [0.717, 1.165) is 44.8 Å². The highest BCUT2D eigenvalue weighted by Crippen LogP contribution is 2.39. The van der Waals surface area contributed by atoms with Crippen LogP contribution >= 0.6 is 0 Å². The summed E-state index contributed by atoms with van der Waals surface area (Å²) in [5, 5.41) is 15.3. The molecule has 1 aromatic heterocycles. The number of hydrogen-bond acceptors (Lipinski definition) is 4. The third-order valence-electron chi connectivity index (χ3n) is 4.90. The van der Waals surface area contributed by atoms with E-state index < -0.39 is 0 Å². The van der Waals surface area contributed by atoms with E-state index in [0.29, 0.717) is 6.42 Å². The van der Waals surface area contributed by atoms with Gasteiger partial charge in [0, 0.05) is 38.3 Å². The van der Waals surface area contributed by atoms with Crippen LogP contribution in [0, 0.1) is 0 Å². The molecule has 1 N–H and O–H groups in total. The Hall–Kier alpha value is -0.910. The Balaban J connectivity index is 1.75. The number of hydrogen-bond donors (Lipinski definition) is 1. The normalized spacial score (nSPS) is 24.9. The predicted octanol–water partition coefficient (Wildman–Crippen LogP) is 0.968. The Bertz CT molecular complexity index is 434. The Morgan fingerprint density at radius 2 is 2.05 bits per heavy atom. The molecule has 2 fully saturated rings. The molecule has 0 aromatic carbocycles. The monoisotopic (exact) mass is 279 g/mol. The van der Waals surface area contributed by atoms with Gasteiger partial charge in [-0.25, -0.2) is 0 Å². The van der Waals surface area contributed by atoms with Crippen LogP contribution in [0.1, 0.15) is 31.4 Å². The number of aromatic nitrogens is 2. The predicted molar refractivity (Wildman–Crippen MR) is 76.5 cm³/mol. The summed E-state index contributed by atoms with van der Waals surface area (Å²) in [6, 6.07) is 2.01. The lowest BCUT2D eigenvalue weighted by Gasteiger charge is -2.46. The molecular formula is C15H25N3O2. The fourth-order valence-electron chi connectivity index (χ4n) is 3.82. The number of nitrogens with zero attached hydrogens (tertiary/aromatic N) is 3. The number of morpholine rings is 1. The third-order valence-corrected chi connectivity index (χ3v) is 4.90. The van der Waals surface area contributed by atoms with Crippen LogP contribution in [-0.4, -0.2) is 57.7 Å². The van der Waals surface area contributed by atoms with Crippen LogP contribution in [0.25, 0.3) is 0 Å². The number of aliphatic hydroxyl groups is 1. The minimum Gasteiger partial charge on any atom is -0.391 e. The Morgan fingerprint density at radius 3 is 2.65 bits per heavy atom. The molecule has 0 bridgehead atoms. The zero-order chi connectivity index (χ0) is 14.0. The zero-order valence-corrected chi connectivity index (χ0v) is 12.3. The van der Waals surface area contributed by atoms with Crippen molar-refractivity contribution >= 4 is 0 Å². The molecule has 1 unspecified atom stereocenters. The molecule has 1 aromatic rings. The second-order valence-electron chi connectivity index (χ2n) is 6.11. The van der Waals surface area contributed by atoms with Crippen molar-refractivity contribution in [2.75, 3.05) is 26.3 Å². The van der Waals surface area contributed by atoms with Crippen molar-refractivity contribution < 1.29 is 9.84 Å². The third kappa shape index (κ3) is 2.62. The molecule has 1 saturated carbocycles. The maximum Gasteiger partial charge on any atom is 0.0779 e. The molecule has 1 atom stereocenters. The van der Waals surface area contributed by atoms with Crippen molar-refractivity contribution in [2.45, 2.75) is 43.7 Å². The summed E-state index contributed by atoms with van der Waals surface area (Å²) in [7, 11) is 1.92. The van der Waals surface area contributed by atoms with Gasteiger partial charge in [0.1, 0.15) is 0 Å². The molecular weight excluding hydrogens is 254 g/mol. The molecule has 2 heterocycles. The second kappa shape index (κ2) is 5.84. The zero-order valence-electron chi connectivity index (χ0n) is 12.3. The maximum atomic E-state index is 10.9. The van der Waals surface area contributed by atoms with Crippen LogP contribution in [0.4, 0.5) is 0 Å². The average molecular weight is 279 g/mol. The van der Waals surface area contributed by atoms with Gasteiger partial charge in [-0.15, -0.1) is 0 Å². The first-order chi connectivity index (χ1) is 9.71. The largest absolute Gasteiger partial charge is 0.391 e. The summed E-state index contributed by atoms with van der Waals surface area (Å²) in [6.45, 7) is 3.47. The summed E-state index contributed by atoms with van der Waals surface area (Å²) < 4.78 is 7.27. The van der Waals surface area contributed by atoms with Gasteiger partial charge in [0.2, 0.25) is 0 Å². The SMILES string of the molecule is Cn1ccc(CC(O)C2(N3CCOCC3)CCCC2)n1. The first-order valence-corrected chi connectivity index (χ1v) is 7.70. The highest BCUT2D eigenvalue weighted by molar-refractivity contribution is 5.08. The summed E-state index contributed by atoms with van der Waals surface area (Å²) in [5.41, 5.74) is 0.931. The van der Waals surface area contributed by atoms with Crippen LogP contribution in [0.15, 0.2) is 12.3 Å². The molecule has 20 heavy (non-hydrogen) atoms. The minimum absolute atomic E-state index is 0.0543. The molecule has 112 valence electrons. The number of ether oxygens (including phenoxy) is 1. The van der Waals surface area contributed by atoms with Crippen molar-refractivity contribution in [1.82, 2.24) is 14.7 Å². The molecule has 3 rings (SSSR count). The Kier molecular flexibility index (Phi) is 4.10.